The van der Waals surface area contributed by atoms with Crippen molar-refractivity contribution in [1.29, 1.82) is 0 Å². The number of carbonyl (C=O) groups excluding carboxylic acids is 1. The van der Waals surface area contributed by atoms with Crippen LogP contribution in [0, 0.1) is 6.92 Å². The van der Waals surface area contributed by atoms with Gasteiger partial charge in [-0.25, -0.2) is 9.67 Å². The summed E-state index contributed by atoms with van der Waals surface area (Å²) in [5.74, 6) is 0.315. The highest BCUT2D eigenvalue weighted by Gasteiger charge is 2.11. The number of benzene rings is 2. The lowest BCUT2D eigenvalue weighted by Gasteiger charge is -2.09. The van der Waals surface area contributed by atoms with Crippen molar-refractivity contribution < 1.29 is 9.53 Å². The summed E-state index contributed by atoms with van der Waals surface area (Å²) >= 11 is 1.59. The van der Waals surface area contributed by atoms with Gasteiger partial charge < -0.3 is 10.1 Å². The number of nitrogens with one attached hydrogen (secondary N) is 1. The van der Waals surface area contributed by atoms with Crippen molar-refractivity contribution >= 4 is 22.9 Å². The minimum Gasteiger partial charge on any atom is -0.492 e. The molecule has 0 saturated heterocycles. The third kappa shape index (κ3) is 5.23. The molecule has 156 valence electrons. The minimum absolute atomic E-state index is 0.151. The molecule has 2 heterocycles. The number of thiazole rings is 1. The number of aryl methyl sites for hydroxylation is 1. The minimum atomic E-state index is -0.394. The smallest absolute Gasteiger partial charge is 0.276 e. The standard InChI is InChI=1S/C23H20N4O3S/c1-16-24-21(15-31-16)17-7-9-18(10-8-17)25-23(29)20-11-12-22(28)27(26-20)13-14-30-19-5-3-2-4-6-19/h2-12,15H,13-14H2,1H3,(H,25,29). The molecular formula is C23H20N4O3S. The molecule has 1 N–H and O–H groups in total. The second-order valence-corrected chi connectivity index (χ2v) is 7.79. The SMILES string of the molecule is Cc1nc(-c2ccc(NC(=O)c3ccc(=O)n(CCOc4ccccc4)n3)cc2)cs1. The van der Waals surface area contributed by atoms with E-state index in [-0.39, 0.29) is 24.4 Å². The Morgan fingerprint density at radius 1 is 1.06 bits per heavy atom. The zero-order valence-corrected chi connectivity index (χ0v) is 17.6. The summed E-state index contributed by atoms with van der Waals surface area (Å²) in [5.41, 5.74) is 2.38. The van der Waals surface area contributed by atoms with Crippen LogP contribution in [0.4, 0.5) is 5.69 Å². The zero-order valence-electron chi connectivity index (χ0n) is 16.8. The van der Waals surface area contributed by atoms with Gasteiger partial charge in [0.15, 0.2) is 0 Å². The van der Waals surface area contributed by atoms with Gasteiger partial charge in [0.2, 0.25) is 0 Å². The van der Waals surface area contributed by atoms with Gasteiger partial charge in [-0.2, -0.15) is 5.10 Å². The Balaban J connectivity index is 1.40. The topological polar surface area (TPSA) is 86.1 Å². The molecule has 0 spiro atoms. The molecule has 4 aromatic rings. The van der Waals surface area contributed by atoms with Gasteiger partial charge in [-0.05, 0) is 37.3 Å². The summed E-state index contributed by atoms with van der Waals surface area (Å²) in [7, 11) is 0. The molecule has 2 aromatic heterocycles. The molecule has 0 radical (unpaired) electrons. The number of aromatic nitrogens is 3. The molecule has 0 atom stereocenters. The fourth-order valence-corrected chi connectivity index (χ4v) is 3.53. The van der Waals surface area contributed by atoms with Crippen molar-refractivity contribution in [3.8, 4) is 17.0 Å². The van der Waals surface area contributed by atoms with Crippen LogP contribution in [0.1, 0.15) is 15.5 Å². The fourth-order valence-electron chi connectivity index (χ4n) is 2.91. The van der Waals surface area contributed by atoms with Crippen LogP contribution in [0.25, 0.3) is 11.3 Å². The van der Waals surface area contributed by atoms with E-state index >= 15 is 0 Å². The number of carbonyl (C=O) groups is 1. The largest absolute Gasteiger partial charge is 0.492 e. The lowest BCUT2D eigenvalue weighted by Crippen LogP contribution is -2.28. The Kier molecular flexibility index (Phi) is 6.18. The van der Waals surface area contributed by atoms with E-state index in [1.54, 1.807) is 11.3 Å². The second kappa shape index (κ2) is 9.36. The van der Waals surface area contributed by atoms with Gasteiger partial charge in [-0.1, -0.05) is 30.3 Å². The monoisotopic (exact) mass is 432 g/mol. The maximum Gasteiger partial charge on any atom is 0.276 e. The molecule has 0 fully saturated rings. The highest BCUT2D eigenvalue weighted by molar-refractivity contribution is 7.09. The predicted molar refractivity (Wildman–Crippen MR) is 121 cm³/mol. The van der Waals surface area contributed by atoms with Gasteiger partial charge in [-0.15, -0.1) is 11.3 Å². The van der Waals surface area contributed by atoms with Crippen LogP contribution in [0.5, 0.6) is 5.75 Å². The van der Waals surface area contributed by atoms with Gasteiger partial charge in [0, 0.05) is 22.7 Å². The first kappa shape index (κ1) is 20.5. The van der Waals surface area contributed by atoms with Crippen molar-refractivity contribution in [2.75, 3.05) is 11.9 Å². The average molecular weight is 433 g/mol. The average Bonchev–Trinajstić information content (AvgIpc) is 3.22. The first-order valence-corrected chi connectivity index (χ1v) is 10.6. The van der Waals surface area contributed by atoms with E-state index in [2.05, 4.69) is 15.4 Å². The van der Waals surface area contributed by atoms with Crippen LogP contribution in [0.3, 0.4) is 0 Å². The van der Waals surface area contributed by atoms with Crippen LogP contribution in [0.15, 0.2) is 76.9 Å². The number of rotatable bonds is 7. The number of hydrogen-bond acceptors (Lipinski definition) is 6. The Hall–Kier alpha value is -3.78. The van der Waals surface area contributed by atoms with Crippen LogP contribution < -0.4 is 15.6 Å². The summed E-state index contributed by atoms with van der Waals surface area (Å²) in [5, 5.41) is 9.98. The number of para-hydroxylation sites is 1. The molecule has 31 heavy (non-hydrogen) atoms. The molecule has 7 nitrogen and oxygen atoms in total. The summed E-state index contributed by atoms with van der Waals surface area (Å²) < 4.78 is 6.83. The number of nitrogens with zero attached hydrogens (tertiary/aromatic N) is 3. The number of anilines is 1. The first-order chi connectivity index (χ1) is 15.1. The van der Waals surface area contributed by atoms with Crippen LogP contribution in [0.2, 0.25) is 0 Å². The molecule has 1 amide bonds. The van der Waals surface area contributed by atoms with Gasteiger partial charge >= 0.3 is 0 Å². The van der Waals surface area contributed by atoms with E-state index in [0.29, 0.717) is 11.4 Å². The van der Waals surface area contributed by atoms with Crippen LogP contribution >= 0.6 is 11.3 Å². The molecule has 2 aromatic carbocycles. The number of hydrogen-bond donors (Lipinski definition) is 1. The summed E-state index contributed by atoms with van der Waals surface area (Å²) in [6.45, 7) is 2.46. The number of ether oxygens (including phenoxy) is 1. The van der Waals surface area contributed by atoms with Crippen molar-refractivity contribution in [3.63, 3.8) is 0 Å². The van der Waals surface area contributed by atoms with Crippen molar-refractivity contribution in [1.82, 2.24) is 14.8 Å². The van der Waals surface area contributed by atoms with Crippen LogP contribution in [-0.4, -0.2) is 27.3 Å². The summed E-state index contributed by atoms with van der Waals surface area (Å²) in [6.07, 6.45) is 0. The maximum absolute atomic E-state index is 12.6. The molecule has 8 heteroatoms. The first-order valence-electron chi connectivity index (χ1n) is 9.68. The lowest BCUT2D eigenvalue weighted by molar-refractivity contribution is 0.101. The van der Waals surface area contributed by atoms with Gasteiger partial charge in [0.25, 0.3) is 11.5 Å². The Morgan fingerprint density at radius 2 is 1.84 bits per heavy atom. The zero-order chi connectivity index (χ0) is 21.6. The van der Waals surface area contributed by atoms with E-state index in [0.717, 1.165) is 16.3 Å². The normalized spacial score (nSPS) is 10.6. The number of amides is 1. The predicted octanol–water partition coefficient (Wildman–Crippen LogP) is 4.01. The van der Waals surface area contributed by atoms with E-state index in [1.807, 2.05) is 66.9 Å². The van der Waals surface area contributed by atoms with Gasteiger partial charge in [0.05, 0.1) is 17.2 Å². The summed E-state index contributed by atoms with van der Waals surface area (Å²) in [4.78, 5) is 29.1. The lowest BCUT2D eigenvalue weighted by atomic mass is 10.1. The highest BCUT2D eigenvalue weighted by Crippen LogP contribution is 2.23. The van der Waals surface area contributed by atoms with Crippen molar-refractivity contribution in [2.24, 2.45) is 0 Å². The van der Waals surface area contributed by atoms with E-state index in [9.17, 15) is 9.59 Å². The van der Waals surface area contributed by atoms with E-state index in [1.165, 1.54) is 16.8 Å². The van der Waals surface area contributed by atoms with Crippen molar-refractivity contribution in [2.45, 2.75) is 13.5 Å². The molecule has 0 bridgehead atoms. The fraction of sp³-hybridized carbons (Fsp3) is 0.130. The summed E-state index contributed by atoms with van der Waals surface area (Å²) in [6, 6.07) is 19.5. The Labute approximate surface area is 183 Å². The third-order valence-electron chi connectivity index (χ3n) is 4.47. The molecule has 0 saturated carbocycles. The quantitative estimate of drug-likeness (QED) is 0.477. The molecule has 0 aliphatic heterocycles. The molecule has 0 unspecified atom stereocenters. The molecular weight excluding hydrogens is 412 g/mol. The molecule has 0 aliphatic rings. The van der Waals surface area contributed by atoms with E-state index in [4.69, 9.17) is 4.74 Å². The van der Waals surface area contributed by atoms with Crippen LogP contribution in [-0.2, 0) is 6.54 Å². The molecule has 4 rings (SSSR count). The maximum atomic E-state index is 12.6. The highest BCUT2D eigenvalue weighted by atomic mass is 32.1. The Morgan fingerprint density at radius 3 is 2.55 bits per heavy atom. The van der Waals surface area contributed by atoms with Gasteiger partial charge in [0.1, 0.15) is 18.1 Å². The second-order valence-electron chi connectivity index (χ2n) is 6.72. The third-order valence-corrected chi connectivity index (χ3v) is 5.25. The Bertz CT molecular complexity index is 1230. The van der Waals surface area contributed by atoms with E-state index < -0.39 is 5.91 Å². The van der Waals surface area contributed by atoms with Gasteiger partial charge in [-0.3, -0.25) is 9.59 Å². The molecule has 0 aliphatic carbocycles. The van der Waals surface area contributed by atoms with Crippen molar-refractivity contribution in [3.05, 3.63) is 93.2 Å².